The lowest BCUT2D eigenvalue weighted by Gasteiger charge is -2.59. The van der Waals surface area contributed by atoms with Gasteiger partial charge in [-0.25, -0.2) is 8.37 Å². The fourth-order valence-electron chi connectivity index (χ4n) is 9.22. The molecule has 0 aromatic carbocycles. The second-order valence-corrected chi connectivity index (χ2v) is 16.2. The van der Waals surface area contributed by atoms with Gasteiger partial charge in [-0.05, 0) is 85.4 Å². The maximum Gasteiger partial charge on any atom is 0.419 e. The van der Waals surface area contributed by atoms with Gasteiger partial charge in [0.05, 0.1) is 0 Å². The Morgan fingerprint density at radius 2 is 1.53 bits per heavy atom. The molecule has 11 heteroatoms. The molecular formula is C27H44O9S2. The van der Waals surface area contributed by atoms with Crippen LogP contribution in [-0.2, 0) is 32.8 Å². The van der Waals surface area contributed by atoms with Crippen LogP contribution in [0.25, 0.3) is 0 Å². The average Bonchev–Trinajstić information content (AvgIpc) is 3.13. The Labute approximate surface area is 228 Å². The number of hydrogen-bond acceptors (Lipinski definition) is 9. The molecule has 7 aliphatic rings. The van der Waals surface area contributed by atoms with Crippen LogP contribution in [-0.4, -0.2) is 38.6 Å². The van der Waals surface area contributed by atoms with E-state index in [-0.39, 0.29) is 36.0 Å². The van der Waals surface area contributed by atoms with E-state index in [1.54, 1.807) is 13.8 Å². The summed E-state index contributed by atoms with van der Waals surface area (Å²) in [7, 11) is -10.4. The first kappa shape index (κ1) is 29.0. The summed E-state index contributed by atoms with van der Waals surface area (Å²) >= 11 is 0. The van der Waals surface area contributed by atoms with Crippen molar-refractivity contribution < 1.29 is 39.0 Å². The van der Waals surface area contributed by atoms with Crippen LogP contribution in [0.15, 0.2) is 11.6 Å². The lowest BCUT2D eigenvalue weighted by Crippen LogP contribution is -2.53. The van der Waals surface area contributed by atoms with Gasteiger partial charge in [0, 0.05) is 25.2 Å². The van der Waals surface area contributed by atoms with E-state index >= 15 is 0 Å². The maximum absolute atomic E-state index is 12.7. The highest BCUT2D eigenvalue weighted by molar-refractivity contribution is 7.95. The van der Waals surface area contributed by atoms with Crippen molar-refractivity contribution in [3.63, 3.8) is 0 Å². The molecule has 9 atom stereocenters. The number of fused-ring (bicyclic) bond motifs is 2. The fourth-order valence-corrected chi connectivity index (χ4v) is 11.4. The summed E-state index contributed by atoms with van der Waals surface area (Å²) in [5, 5.41) is 22.4. The molecule has 9 nitrogen and oxygen atoms in total. The minimum atomic E-state index is -5.23. The van der Waals surface area contributed by atoms with E-state index in [1.165, 1.54) is 0 Å². The number of hydrogen-bond donors (Lipinski definition) is 2. The number of rotatable bonds is 1. The molecular weight excluding hydrogens is 532 g/mol. The van der Waals surface area contributed by atoms with Crippen molar-refractivity contribution in [2.75, 3.05) is 0 Å². The Morgan fingerprint density at radius 3 is 2.21 bits per heavy atom. The summed E-state index contributed by atoms with van der Waals surface area (Å²) in [5.41, 5.74) is 0.984. The largest absolute Gasteiger partial charge is 0.419 e. The van der Waals surface area contributed by atoms with Crippen LogP contribution in [0.1, 0.15) is 98.8 Å². The average molecular weight is 577 g/mol. The number of allylic oxidation sites excluding steroid dienone is 1. The predicted octanol–water partition coefficient (Wildman–Crippen LogP) is 4.57. The summed E-state index contributed by atoms with van der Waals surface area (Å²) in [6, 6.07) is 0. The quantitative estimate of drug-likeness (QED) is 0.430. The Hall–Kier alpha value is -0.560. The van der Waals surface area contributed by atoms with Gasteiger partial charge in [0.15, 0.2) is 11.6 Å². The van der Waals surface area contributed by atoms with Gasteiger partial charge < -0.3 is 10.2 Å². The Kier molecular flexibility index (Phi) is 7.03. The van der Waals surface area contributed by atoms with Gasteiger partial charge in [0.25, 0.3) is 0 Å². The van der Waals surface area contributed by atoms with Crippen LogP contribution < -0.4 is 0 Å². The minimum absolute atomic E-state index is 0.00668. The summed E-state index contributed by atoms with van der Waals surface area (Å²) < 4.78 is 65.1. The smallest absolute Gasteiger partial charge is 0.364 e. The molecule has 3 aliphatic heterocycles. The van der Waals surface area contributed by atoms with Crippen molar-refractivity contribution in [1.29, 1.82) is 0 Å². The van der Waals surface area contributed by atoms with Gasteiger partial charge >= 0.3 is 20.8 Å². The molecule has 0 amide bonds. The van der Waals surface area contributed by atoms with E-state index in [2.05, 4.69) is 30.5 Å². The lowest BCUT2D eigenvalue weighted by molar-refractivity contribution is -0.182. The zero-order chi connectivity index (χ0) is 27.9. The highest BCUT2D eigenvalue weighted by Gasteiger charge is 2.61. The van der Waals surface area contributed by atoms with E-state index in [1.807, 2.05) is 0 Å². The standard InChI is InChI=1S/C27H44O9S2/c1-17(2)27(29)13-10-18(3)21-8-9-22-20-7-6-19-16-26(28,34-37(30,31)36-38(32,33)35-27)15-14-24(19,4)23(20)11-12-25(21,22)5/h6,17-18,20-23,28-29H,7-16H2,1-5H3/t18-,20+,21-,22+,23+,24+,25-,26-,27?/m1/s1. The molecule has 2 saturated heterocycles. The zero-order valence-electron chi connectivity index (χ0n) is 23.2. The third-order valence-corrected chi connectivity index (χ3v) is 13.8. The van der Waals surface area contributed by atoms with Crippen molar-refractivity contribution in [2.45, 2.75) is 110 Å². The van der Waals surface area contributed by atoms with Gasteiger partial charge in [-0.2, -0.15) is 16.8 Å². The van der Waals surface area contributed by atoms with Crippen LogP contribution in [0.2, 0.25) is 0 Å². The first-order valence-corrected chi connectivity index (χ1v) is 16.9. The summed E-state index contributed by atoms with van der Waals surface area (Å²) in [6.45, 7) is 10.1. The van der Waals surface area contributed by atoms with Crippen molar-refractivity contribution in [3.8, 4) is 0 Å². The Balaban J connectivity index is 1.55. The molecule has 38 heavy (non-hydrogen) atoms. The molecule has 3 saturated carbocycles. The van der Waals surface area contributed by atoms with Crippen molar-refractivity contribution in [2.24, 2.45) is 46.3 Å². The monoisotopic (exact) mass is 576 g/mol. The molecule has 7 rings (SSSR count). The molecule has 3 heterocycles. The topological polar surface area (TPSA) is 136 Å². The second-order valence-electron chi connectivity index (χ2n) is 13.7. The van der Waals surface area contributed by atoms with Gasteiger partial charge in [-0.15, -0.1) is 3.63 Å². The maximum atomic E-state index is 12.7. The Morgan fingerprint density at radius 1 is 0.868 bits per heavy atom. The SMILES string of the molecule is CC(C)C1(O)CC[C@@H](C)[C@H]2CC[C@H]3[C@@H]4CC=C5C[C@@](O)(CC[C@]5(C)[C@H]4CC[C@]23C)OS(=O)(=O)OS(=O)(=O)O1. The molecule has 1 unspecified atom stereocenters. The molecule has 2 N–H and O–H groups in total. The van der Waals surface area contributed by atoms with Crippen molar-refractivity contribution in [3.05, 3.63) is 11.6 Å². The molecule has 218 valence electrons. The van der Waals surface area contributed by atoms with Crippen LogP contribution in [0.5, 0.6) is 0 Å². The minimum Gasteiger partial charge on any atom is -0.364 e. The van der Waals surface area contributed by atoms with Crippen LogP contribution in [0, 0.1) is 46.3 Å². The first-order chi connectivity index (χ1) is 17.4. The van der Waals surface area contributed by atoms with Crippen LogP contribution in [0.3, 0.4) is 0 Å². The summed E-state index contributed by atoms with van der Waals surface area (Å²) in [6.07, 6.45) is 8.60. The normalized spacial score (nSPS) is 50.5. The van der Waals surface area contributed by atoms with Gasteiger partial charge in [0.2, 0.25) is 0 Å². The second kappa shape index (κ2) is 9.22. The molecule has 0 aromatic heterocycles. The van der Waals surface area contributed by atoms with Crippen molar-refractivity contribution in [1.82, 2.24) is 0 Å². The van der Waals surface area contributed by atoms with E-state index < -0.39 is 38.3 Å². The molecule has 5 fully saturated rings. The van der Waals surface area contributed by atoms with Crippen molar-refractivity contribution >= 4 is 20.8 Å². The number of aliphatic hydroxyl groups is 2. The van der Waals surface area contributed by atoms with E-state index in [0.717, 1.165) is 37.7 Å². The van der Waals surface area contributed by atoms with E-state index in [9.17, 15) is 27.0 Å². The summed E-state index contributed by atoms with van der Waals surface area (Å²) in [5.74, 6) is -2.70. The zero-order valence-corrected chi connectivity index (χ0v) is 24.8. The lowest BCUT2D eigenvalue weighted by atomic mass is 9.46. The van der Waals surface area contributed by atoms with Gasteiger partial charge in [0.1, 0.15) is 0 Å². The predicted molar refractivity (Wildman–Crippen MR) is 139 cm³/mol. The third kappa shape index (κ3) is 4.81. The highest BCUT2D eigenvalue weighted by Crippen LogP contribution is 2.68. The molecule has 0 spiro atoms. The molecule has 4 aliphatic carbocycles. The van der Waals surface area contributed by atoms with Crippen LogP contribution >= 0.6 is 0 Å². The molecule has 0 radical (unpaired) electrons. The highest BCUT2D eigenvalue weighted by atomic mass is 32.3. The van der Waals surface area contributed by atoms with E-state index in [4.69, 9.17) is 8.37 Å². The third-order valence-electron chi connectivity index (χ3n) is 11.4. The Bertz CT molecular complexity index is 1200. The summed E-state index contributed by atoms with van der Waals surface area (Å²) in [4.78, 5) is 0. The van der Waals surface area contributed by atoms with Crippen LogP contribution in [0.4, 0.5) is 0 Å². The van der Waals surface area contributed by atoms with Gasteiger partial charge in [-0.3, -0.25) is 0 Å². The molecule has 0 aromatic rings. The fraction of sp³-hybridized carbons (Fsp3) is 0.926. The first-order valence-electron chi connectivity index (χ1n) is 14.2. The molecule has 8 bridgehead atoms. The van der Waals surface area contributed by atoms with Gasteiger partial charge in [-0.1, -0.05) is 46.3 Å². The van der Waals surface area contributed by atoms with E-state index in [0.29, 0.717) is 36.5 Å².